The SMILES string of the molecule is COc1cccc2[nH]c3c(N(Cc4ccco4)CC4CCCO4)ncnc3c12. The zero-order valence-electron chi connectivity index (χ0n) is 15.7. The summed E-state index contributed by atoms with van der Waals surface area (Å²) in [6.45, 7) is 2.19. The third kappa shape index (κ3) is 2.97. The predicted octanol–water partition coefficient (Wildman–Crippen LogP) is 3.90. The zero-order valence-corrected chi connectivity index (χ0v) is 15.7. The number of benzene rings is 1. The molecule has 1 aliphatic rings. The molecule has 0 radical (unpaired) electrons. The van der Waals surface area contributed by atoms with Gasteiger partial charge in [0.25, 0.3) is 0 Å². The Morgan fingerprint density at radius 1 is 1.25 bits per heavy atom. The summed E-state index contributed by atoms with van der Waals surface area (Å²) in [5.74, 6) is 2.53. The first-order chi connectivity index (χ1) is 13.8. The van der Waals surface area contributed by atoms with Crippen molar-refractivity contribution < 1.29 is 13.9 Å². The number of aromatic nitrogens is 3. The second kappa shape index (κ2) is 7.16. The van der Waals surface area contributed by atoms with Crippen LogP contribution in [0.15, 0.2) is 47.3 Å². The van der Waals surface area contributed by atoms with E-state index in [-0.39, 0.29) is 6.10 Å². The molecule has 5 rings (SSSR count). The largest absolute Gasteiger partial charge is 0.496 e. The molecule has 0 bridgehead atoms. The Morgan fingerprint density at radius 2 is 2.21 bits per heavy atom. The van der Waals surface area contributed by atoms with Gasteiger partial charge >= 0.3 is 0 Å². The van der Waals surface area contributed by atoms with E-state index in [0.717, 1.165) is 65.3 Å². The van der Waals surface area contributed by atoms with Crippen molar-refractivity contribution in [3.63, 3.8) is 0 Å². The molecule has 1 atom stereocenters. The molecule has 1 unspecified atom stereocenters. The number of hydrogen-bond donors (Lipinski definition) is 1. The highest BCUT2D eigenvalue weighted by Crippen LogP contribution is 2.35. The molecule has 28 heavy (non-hydrogen) atoms. The Bertz CT molecular complexity index is 1080. The van der Waals surface area contributed by atoms with Crippen LogP contribution in [0.1, 0.15) is 18.6 Å². The van der Waals surface area contributed by atoms with Gasteiger partial charge < -0.3 is 23.8 Å². The maximum Gasteiger partial charge on any atom is 0.156 e. The molecule has 3 aromatic heterocycles. The molecule has 4 heterocycles. The Hall–Kier alpha value is -3.06. The van der Waals surface area contributed by atoms with E-state index in [1.807, 2.05) is 30.3 Å². The monoisotopic (exact) mass is 378 g/mol. The Balaban J connectivity index is 1.62. The average Bonchev–Trinajstić information content (AvgIpc) is 3.47. The van der Waals surface area contributed by atoms with Crippen LogP contribution in [0.25, 0.3) is 21.9 Å². The third-order valence-electron chi connectivity index (χ3n) is 5.24. The van der Waals surface area contributed by atoms with E-state index in [4.69, 9.17) is 13.9 Å². The van der Waals surface area contributed by atoms with Crippen molar-refractivity contribution in [1.82, 2.24) is 15.0 Å². The Morgan fingerprint density at radius 3 is 3.00 bits per heavy atom. The molecule has 0 aliphatic carbocycles. The summed E-state index contributed by atoms with van der Waals surface area (Å²) in [5.41, 5.74) is 2.73. The summed E-state index contributed by atoms with van der Waals surface area (Å²) in [6, 6.07) is 9.83. The summed E-state index contributed by atoms with van der Waals surface area (Å²) in [7, 11) is 1.68. The van der Waals surface area contributed by atoms with E-state index in [0.29, 0.717) is 6.54 Å². The van der Waals surface area contributed by atoms with Crippen molar-refractivity contribution in [3.8, 4) is 5.75 Å². The van der Waals surface area contributed by atoms with Crippen LogP contribution in [0, 0.1) is 0 Å². The molecule has 1 aromatic carbocycles. The Kier molecular flexibility index (Phi) is 4.37. The number of hydrogen-bond acceptors (Lipinski definition) is 6. The highest BCUT2D eigenvalue weighted by molar-refractivity contribution is 6.11. The van der Waals surface area contributed by atoms with Gasteiger partial charge in [-0.15, -0.1) is 0 Å². The smallest absolute Gasteiger partial charge is 0.156 e. The number of H-pyrrole nitrogens is 1. The second-order valence-electron chi connectivity index (χ2n) is 7.02. The fourth-order valence-electron chi connectivity index (χ4n) is 3.96. The highest BCUT2D eigenvalue weighted by Gasteiger charge is 2.24. The number of methoxy groups -OCH3 is 1. The van der Waals surface area contributed by atoms with Crippen LogP contribution in [0.2, 0.25) is 0 Å². The van der Waals surface area contributed by atoms with Gasteiger partial charge in [0.05, 0.1) is 36.9 Å². The number of aromatic amines is 1. The van der Waals surface area contributed by atoms with Gasteiger partial charge in [0.15, 0.2) is 5.82 Å². The van der Waals surface area contributed by atoms with Crippen molar-refractivity contribution in [2.45, 2.75) is 25.5 Å². The molecule has 0 amide bonds. The van der Waals surface area contributed by atoms with Crippen molar-refractivity contribution in [2.75, 3.05) is 25.2 Å². The fourth-order valence-corrected chi connectivity index (χ4v) is 3.96. The second-order valence-corrected chi connectivity index (χ2v) is 7.02. The predicted molar refractivity (Wildman–Crippen MR) is 107 cm³/mol. The van der Waals surface area contributed by atoms with E-state index in [1.54, 1.807) is 19.7 Å². The minimum absolute atomic E-state index is 0.193. The van der Waals surface area contributed by atoms with E-state index in [9.17, 15) is 0 Å². The summed E-state index contributed by atoms with van der Waals surface area (Å²) in [6.07, 6.45) is 5.66. The quantitative estimate of drug-likeness (QED) is 0.548. The molecule has 0 saturated carbocycles. The standard InChI is InChI=1S/C21H22N4O3/c1-26-17-8-2-7-16-18(17)19-20(24-16)21(23-13-22-19)25(11-14-5-3-9-27-14)12-15-6-4-10-28-15/h2-3,5,7-9,13,15,24H,4,6,10-12H2,1H3. The summed E-state index contributed by atoms with van der Waals surface area (Å²) >= 11 is 0. The van der Waals surface area contributed by atoms with Crippen LogP contribution in [0.5, 0.6) is 5.75 Å². The molecule has 1 saturated heterocycles. The van der Waals surface area contributed by atoms with Gasteiger partial charge in [-0.2, -0.15) is 0 Å². The van der Waals surface area contributed by atoms with Crippen molar-refractivity contribution in [1.29, 1.82) is 0 Å². The molecule has 0 spiro atoms. The number of fused-ring (bicyclic) bond motifs is 3. The van der Waals surface area contributed by atoms with Crippen LogP contribution >= 0.6 is 0 Å². The summed E-state index contributed by atoms with van der Waals surface area (Å²) < 4.78 is 17.0. The average molecular weight is 378 g/mol. The lowest BCUT2D eigenvalue weighted by molar-refractivity contribution is 0.115. The van der Waals surface area contributed by atoms with E-state index in [1.165, 1.54) is 0 Å². The third-order valence-corrected chi connectivity index (χ3v) is 5.24. The highest BCUT2D eigenvalue weighted by atomic mass is 16.5. The summed E-state index contributed by atoms with van der Waals surface area (Å²) in [4.78, 5) is 14.9. The minimum atomic E-state index is 0.193. The maximum absolute atomic E-state index is 5.89. The molecule has 1 N–H and O–H groups in total. The Labute approximate surface area is 162 Å². The number of furan rings is 1. The molecule has 4 aromatic rings. The summed E-state index contributed by atoms with van der Waals surface area (Å²) in [5, 5.41) is 0.971. The molecule has 7 heteroatoms. The van der Waals surface area contributed by atoms with Crippen molar-refractivity contribution in [3.05, 3.63) is 48.7 Å². The first-order valence-corrected chi connectivity index (χ1v) is 9.52. The van der Waals surface area contributed by atoms with Gasteiger partial charge in [-0.1, -0.05) is 6.07 Å². The number of nitrogens with one attached hydrogen (secondary N) is 1. The van der Waals surface area contributed by atoms with E-state index >= 15 is 0 Å². The molecule has 1 aliphatic heterocycles. The normalized spacial score (nSPS) is 16.8. The van der Waals surface area contributed by atoms with Crippen LogP contribution < -0.4 is 9.64 Å². The van der Waals surface area contributed by atoms with Gasteiger partial charge in [0.2, 0.25) is 0 Å². The number of anilines is 1. The van der Waals surface area contributed by atoms with Gasteiger partial charge in [-0.05, 0) is 37.1 Å². The molecule has 7 nitrogen and oxygen atoms in total. The van der Waals surface area contributed by atoms with Crippen LogP contribution in [0.3, 0.4) is 0 Å². The van der Waals surface area contributed by atoms with Gasteiger partial charge in [-0.3, -0.25) is 0 Å². The molecular weight excluding hydrogens is 356 g/mol. The van der Waals surface area contributed by atoms with Crippen LogP contribution in [-0.4, -0.2) is 41.3 Å². The lowest BCUT2D eigenvalue weighted by atomic mass is 10.2. The van der Waals surface area contributed by atoms with Gasteiger partial charge in [0, 0.05) is 13.2 Å². The van der Waals surface area contributed by atoms with Gasteiger partial charge in [-0.25, -0.2) is 9.97 Å². The lowest BCUT2D eigenvalue weighted by Crippen LogP contribution is -2.32. The number of rotatable bonds is 6. The topological polar surface area (TPSA) is 76.4 Å². The number of nitrogens with zero attached hydrogens (tertiary/aromatic N) is 3. The number of ether oxygens (including phenoxy) is 2. The van der Waals surface area contributed by atoms with Crippen molar-refractivity contribution >= 4 is 27.8 Å². The zero-order chi connectivity index (χ0) is 18.9. The van der Waals surface area contributed by atoms with Crippen LogP contribution in [0.4, 0.5) is 5.82 Å². The molecule has 144 valence electrons. The van der Waals surface area contributed by atoms with E-state index < -0.39 is 0 Å². The van der Waals surface area contributed by atoms with Gasteiger partial charge in [0.1, 0.15) is 28.9 Å². The van der Waals surface area contributed by atoms with Crippen LogP contribution in [-0.2, 0) is 11.3 Å². The molecule has 1 fully saturated rings. The minimum Gasteiger partial charge on any atom is -0.496 e. The van der Waals surface area contributed by atoms with E-state index in [2.05, 4.69) is 19.9 Å². The van der Waals surface area contributed by atoms with Crippen molar-refractivity contribution in [2.24, 2.45) is 0 Å². The maximum atomic E-state index is 5.89. The lowest BCUT2D eigenvalue weighted by Gasteiger charge is -2.25. The first-order valence-electron chi connectivity index (χ1n) is 9.52. The molecular formula is C21H22N4O3. The fraction of sp³-hybridized carbons (Fsp3) is 0.333. The first kappa shape index (κ1) is 17.1.